The quantitative estimate of drug-likeness (QED) is 0.820. The molecule has 0 aliphatic heterocycles. The van der Waals surface area contributed by atoms with Crippen LogP contribution < -0.4 is 0 Å². The number of likely N-dealkylation sites (N-methyl/N-ethyl adjacent to an activating group) is 1. The van der Waals surface area contributed by atoms with Gasteiger partial charge in [0.05, 0.1) is 4.88 Å². The molecule has 0 aliphatic rings. The standard InChI is InChI=1S/C12H15NO3S/c1-4-13(7-8(2)3)11(14)9-5-6-10(17-9)12(15)16/h5-6H,2,4,7H2,1,3H3,(H,15,16). The Hall–Kier alpha value is -1.62. The van der Waals surface area contributed by atoms with E-state index in [1.165, 1.54) is 6.07 Å². The van der Waals surface area contributed by atoms with Gasteiger partial charge in [-0.1, -0.05) is 12.2 Å². The molecule has 0 unspecified atom stereocenters. The van der Waals surface area contributed by atoms with Crippen molar-refractivity contribution in [3.63, 3.8) is 0 Å². The summed E-state index contributed by atoms with van der Waals surface area (Å²) in [5.41, 5.74) is 0.898. The summed E-state index contributed by atoms with van der Waals surface area (Å²) in [7, 11) is 0. The Kier molecular flexibility index (Phi) is 4.45. The van der Waals surface area contributed by atoms with Crippen molar-refractivity contribution >= 4 is 23.2 Å². The Labute approximate surface area is 104 Å². The van der Waals surface area contributed by atoms with Gasteiger partial charge in [-0.05, 0) is 26.0 Å². The molecule has 0 spiro atoms. The molecule has 0 saturated carbocycles. The number of carbonyl (C=O) groups is 2. The van der Waals surface area contributed by atoms with Crippen molar-refractivity contribution in [3.8, 4) is 0 Å². The number of rotatable bonds is 5. The SMILES string of the molecule is C=C(C)CN(CC)C(=O)c1ccc(C(=O)O)s1. The average molecular weight is 253 g/mol. The Morgan fingerprint density at radius 1 is 1.41 bits per heavy atom. The van der Waals surface area contributed by atoms with Crippen LogP contribution in [0.1, 0.15) is 33.2 Å². The van der Waals surface area contributed by atoms with Crippen molar-refractivity contribution in [1.29, 1.82) is 0 Å². The summed E-state index contributed by atoms with van der Waals surface area (Å²) in [6.07, 6.45) is 0. The third-order valence-corrected chi connectivity index (χ3v) is 3.22. The van der Waals surface area contributed by atoms with Crippen molar-refractivity contribution in [2.24, 2.45) is 0 Å². The summed E-state index contributed by atoms with van der Waals surface area (Å²) < 4.78 is 0. The van der Waals surface area contributed by atoms with Gasteiger partial charge in [0.2, 0.25) is 0 Å². The first-order valence-corrected chi connectivity index (χ1v) is 6.04. The molecule has 0 saturated heterocycles. The van der Waals surface area contributed by atoms with Gasteiger partial charge in [0.15, 0.2) is 0 Å². The highest BCUT2D eigenvalue weighted by Crippen LogP contribution is 2.18. The maximum atomic E-state index is 12.0. The molecule has 0 atom stereocenters. The molecule has 1 heterocycles. The number of aromatic carboxylic acids is 1. The Balaban J connectivity index is 2.86. The first-order valence-electron chi connectivity index (χ1n) is 5.22. The molecule has 0 radical (unpaired) electrons. The van der Waals surface area contributed by atoms with Crippen molar-refractivity contribution in [1.82, 2.24) is 4.90 Å². The number of thiophene rings is 1. The molecule has 0 bridgehead atoms. The van der Waals surface area contributed by atoms with Gasteiger partial charge in [-0.2, -0.15) is 0 Å². The summed E-state index contributed by atoms with van der Waals surface area (Å²) in [6.45, 7) is 8.57. The number of carboxylic acids is 1. The Bertz CT molecular complexity index is 450. The van der Waals surface area contributed by atoms with Crippen LogP contribution in [0.3, 0.4) is 0 Å². The summed E-state index contributed by atoms with van der Waals surface area (Å²) in [5.74, 6) is -1.15. The van der Waals surface area contributed by atoms with Gasteiger partial charge in [0.1, 0.15) is 4.88 Å². The average Bonchev–Trinajstić information content (AvgIpc) is 2.73. The van der Waals surface area contributed by atoms with Crippen LogP contribution in [0.2, 0.25) is 0 Å². The van der Waals surface area contributed by atoms with E-state index in [4.69, 9.17) is 5.11 Å². The molecule has 0 aromatic carbocycles. The largest absolute Gasteiger partial charge is 0.477 e. The second kappa shape index (κ2) is 5.63. The first-order chi connectivity index (χ1) is 7.95. The molecule has 1 aromatic rings. The Morgan fingerprint density at radius 3 is 2.41 bits per heavy atom. The zero-order valence-electron chi connectivity index (χ0n) is 9.90. The van der Waals surface area contributed by atoms with E-state index in [-0.39, 0.29) is 10.8 Å². The molecule has 1 N–H and O–H groups in total. The zero-order valence-corrected chi connectivity index (χ0v) is 10.7. The van der Waals surface area contributed by atoms with E-state index in [1.807, 2.05) is 13.8 Å². The molecule has 4 nitrogen and oxygen atoms in total. The van der Waals surface area contributed by atoms with Crippen molar-refractivity contribution in [2.45, 2.75) is 13.8 Å². The highest BCUT2D eigenvalue weighted by atomic mass is 32.1. The van der Waals surface area contributed by atoms with E-state index < -0.39 is 5.97 Å². The van der Waals surface area contributed by atoms with Crippen LogP contribution in [0.4, 0.5) is 0 Å². The molecule has 1 rings (SSSR count). The minimum atomic E-state index is -1.00. The van der Waals surface area contributed by atoms with Crippen molar-refractivity contribution < 1.29 is 14.7 Å². The molecule has 17 heavy (non-hydrogen) atoms. The minimum absolute atomic E-state index is 0.145. The lowest BCUT2D eigenvalue weighted by Gasteiger charge is -2.19. The minimum Gasteiger partial charge on any atom is -0.477 e. The third kappa shape index (κ3) is 3.42. The number of hydrogen-bond donors (Lipinski definition) is 1. The van der Waals surface area contributed by atoms with E-state index in [1.54, 1.807) is 11.0 Å². The normalized spacial score (nSPS) is 10.0. The number of carboxylic acid groups (broad SMARTS) is 1. The molecule has 0 fully saturated rings. The molecule has 5 heteroatoms. The van der Waals surface area contributed by atoms with E-state index in [0.717, 1.165) is 16.9 Å². The molecular weight excluding hydrogens is 238 g/mol. The van der Waals surface area contributed by atoms with E-state index >= 15 is 0 Å². The van der Waals surface area contributed by atoms with Crippen molar-refractivity contribution in [2.75, 3.05) is 13.1 Å². The maximum absolute atomic E-state index is 12.0. The molecule has 1 amide bonds. The smallest absolute Gasteiger partial charge is 0.345 e. The fraction of sp³-hybridized carbons (Fsp3) is 0.333. The van der Waals surface area contributed by atoms with Gasteiger partial charge in [0, 0.05) is 13.1 Å². The van der Waals surface area contributed by atoms with Gasteiger partial charge in [-0.25, -0.2) is 4.79 Å². The van der Waals surface area contributed by atoms with Crippen LogP contribution in [-0.4, -0.2) is 35.0 Å². The van der Waals surface area contributed by atoms with Crippen LogP contribution in [0.15, 0.2) is 24.3 Å². The summed E-state index contributed by atoms with van der Waals surface area (Å²) in [6, 6.07) is 3.01. The zero-order chi connectivity index (χ0) is 13.0. The fourth-order valence-corrected chi connectivity index (χ4v) is 2.19. The topological polar surface area (TPSA) is 57.6 Å². The van der Waals surface area contributed by atoms with E-state index in [9.17, 15) is 9.59 Å². The summed E-state index contributed by atoms with van der Waals surface area (Å²) >= 11 is 0.999. The van der Waals surface area contributed by atoms with Crippen LogP contribution in [0.5, 0.6) is 0 Å². The lowest BCUT2D eigenvalue weighted by molar-refractivity contribution is 0.0701. The van der Waals surface area contributed by atoms with Gasteiger partial charge >= 0.3 is 5.97 Å². The molecule has 1 aromatic heterocycles. The second-order valence-corrected chi connectivity index (χ2v) is 4.83. The number of nitrogens with zero attached hydrogens (tertiary/aromatic N) is 1. The summed E-state index contributed by atoms with van der Waals surface area (Å²) in [5, 5.41) is 8.79. The Morgan fingerprint density at radius 2 is 2.00 bits per heavy atom. The van der Waals surface area contributed by atoms with Gasteiger partial charge in [-0.15, -0.1) is 11.3 Å². The summed E-state index contributed by atoms with van der Waals surface area (Å²) in [4.78, 5) is 25.0. The molecule has 0 aliphatic carbocycles. The van der Waals surface area contributed by atoms with Crippen LogP contribution >= 0.6 is 11.3 Å². The molecule has 92 valence electrons. The van der Waals surface area contributed by atoms with Gasteiger partial charge in [0.25, 0.3) is 5.91 Å². The van der Waals surface area contributed by atoms with E-state index in [2.05, 4.69) is 6.58 Å². The van der Waals surface area contributed by atoms with Gasteiger partial charge in [-0.3, -0.25) is 4.79 Å². The predicted octanol–water partition coefficient (Wildman–Crippen LogP) is 2.48. The second-order valence-electron chi connectivity index (χ2n) is 3.75. The van der Waals surface area contributed by atoms with E-state index in [0.29, 0.717) is 18.0 Å². The highest BCUT2D eigenvalue weighted by molar-refractivity contribution is 7.15. The maximum Gasteiger partial charge on any atom is 0.345 e. The lowest BCUT2D eigenvalue weighted by atomic mass is 10.3. The van der Waals surface area contributed by atoms with Gasteiger partial charge < -0.3 is 10.0 Å². The third-order valence-electron chi connectivity index (χ3n) is 2.16. The number of hydrogen-bond acceptors (Lipinski definition) is 3. The van der Waals surface area contributed by atoms with Crippen molar-refractivity contribution in [3.05, 3.63) is 34.0 Å². The predicted molar refractivity (Wildman–Crippen MR) is 67.7 cm³/mol. The highest BCUT2D eigenvalue weighted by Gasteiger charge is 2.17. The molecular formula is C12H15NO3S. The fourth-order valence-electron chi connectivity index (χ4n) is 1.38. The van der Waals surface area contributed by atoms with Crippen LogP contribution in [0, 0.1) is 0 Å². The van der Waals surface area contributed by atoms with Crippen LogP contribution in [-0.2, 0) is 0 Å². The number of amides is 1. The van der Waals surface area contributed by atoms with Crippen LogP contribution in [0.25, 0.3) is 0 Å². The first kappa shape index (κ1) is 13.4. The number of carbonyl (C=O) groups excluding carboxylic acids is 1. The monoisotopic (exact) mass is 253 g/mol. The lowest BCUT2D eigenvalue weighted by Crippen LogP contribution is -2.31.